The first-order valence-electron chi connectivity index (χ1n) is 6.43. The second kappa shape index (κ2) is 6.06. The molecule has 0 bridgehead atoms. The van der Waals surface area contributed by atoms with Crippen LogP contribution in [0.2, 0.25) is 0 Å². The lowest BCUT2D eigenvalue weighted by molar-refractivity contribution is 0.0142. The molecule has 0 aliphatic rings. The first-order valence-corrected chi connectivity index (χ1v) is 6.43. The zero-order valence-corrected chi connectivity index (χ0v) is 12.3. The van der Waals surface area contributed by atoms with E-state index in [9.17, 15) is 9.90 Å². The van der Waals surface area contributed by atoms with Gasteiger partial charge in [-0.25, -0.2) is 0 Å². The molecule has 1 aromatic carbocycles. The summed E-state index contributed by atoms with van der Waals surface area (Å²) in [5.41, 5.74) is 0.539. The molecule has 0 fully saturated rings. The standard InChI is InChI=1S/C15H23NO3/c1-10(2)15(4,18)9-16-14(17)13-7-6-12(19-5)8-11(13)3/h6-8,10,18H,9H2,1-5H3,(H,16,17). The van der Waals surface area contributed by atoms with E-state index < -0.39 is 5.60 Å². The predicted octanol–water partition coefficient (Wildman–Crippen LogP) is 2.14. The molecule has 106 valence electrons. The minimum Gasteiger partial charge on any atom is -0.497 e. The van der Waals surface area contributed by atoms with Crippen molar-refractivity contribution in [3.8, 4) is 5.75 Å². The van der Waals surface area contributed by atoms with E-state index in [1.807, 2.05) is 26.8 Å². The number of hydrogen-bond acceptors (Lipinski definition) is 3. The van der Waals surface area contributed by atoms with Gasteiger partial charge in [-0.2, -0.15) is 0 Å². The molecule has 4 nitrogen and oxygen atoms in total. The normalized spacial score (nSPS) is 14.1. The van der Waals surface area contributed by atoms with Crippen LogP contribution in [0.25, 0.3) is 0 Å². The molecular formula is C15H23NO3. The van der Waals surface area contributed by atoms with E-state index in [0.717, 1.165) is 11.3 Å². The van der Waals surface area contributed by atoms with Gasteiger partial charge in [0.15, 0.2) is 0 Å². The van der Waals surface area contributed by atoms with Gasteiger partial charge in [-0.15, -0.1) is 0 Å². The van der Waals surface area contributed by atoms with E-state index in [-0.39, 0.29) is 18.4 Å². The molecule has 1 amide bonds. The van der Waals surface area contributed by atoms with Crippen LogP contribution in [-0.4, -0.2) is 30.3 Å². The fourth-order valence-corrected chi connectivity index (χ4v) is 1.58. The number of amides is 1. The number of hydrogen-bond donors (Lipinski definition) is 2. The van der Waals surface area contributed by atoms with Crippen LogP contribution in [0.15, 0.2) is 18.2 Å². The van der Waals surface area contributed by atoms with Crippen molar-refractivity contribution in [1.29, 1.82) is 0 Å². The highest BCUT2D eigenvalue weighted by molar-refractivity contribution is 5.95. The number of carbonyl (C=O) groups is 1. The third kappa shape index (κ3) is 3.96. The van der Waals surface area contributed by atoms with Crippen molar-refractivity contribution in [3.05, 3.63) is 29.3 Å². The van der Waals surface area contributed by atoms with Gasteiger partial charge in [-0.1, -0.05) is 13.8 Å². The Balaban J connectivity index is 2.74. The smallest absolute Gasteiger partial charge is 0.251 e. The lowest BCUT2D eigenvalue weighted by atomic mass is 9.92. The molecule has 1 rings (SSSR count). The number of ether oxygens (including phenoxy) is 1. The largest absolute Gasteiger partial charge is 0.497 e. The highest BCUT2D eigenvalue weighted by Crippen LogP contribution is 2.18. The zero-order chi connectivity index (χ0) is 14.6. The molecule has 0 aromatic heterocycles. The number of methoxy groups -OCH3 is 1. The lowest BCUT2D eigenvalue weighted by Gasteiger charge is -2.27. The Bertz CT molecular complexity index is 453. The molecule has 19 heavy (non-hydrogen) atoms. The van der Waals surface area contributed by atoms with E-state index in [1.165, 1.54) is 0 Å². The topological polar surface area (TPSA) is 58.6 Å². The first kappa shape index (κ1) is 15.5. The van der Waals surface area contributed by atoms with Gasteiger partial charge in [-0.3, -0.25) is 4.79 Å². The molecule has 0 aliphatic heterocycles. The van der Waals surface area contributed by atoms with Gasteiger partial charge in [0.1, 0.15) is 5.75 Å². The Labute approximate surface area is 114 Å². The number of nitrogens with one attached hydrogen (secondary N) is 1. The Morgan fingerprint density at radius 2 is 2.11 bits per heavy atom. The minimum absolute atomic E-state index is 0.0739. The van der Waals surface area contributed by atoms with Crippen LogP contribution in [-0.2, 0) is 0 Å². The third-order valence-corrected chi connectivity index (χ3v) is 3.53. The van der Waals surface area contributed by atoms with E-state index in [4.69, 9.17) is 4.74 Å². The summed E-state index contributed by atoms with van der Waals surface area (Å²) in [5, 5.41) is 12.9. The average molecular weight is 265 g/mol. The summed E-state index contributed by atoms with van der Waals surface area (Å²) in [5.74, 6) is 0.620. The van der Waals surface area contributed by atoms with Crippen molar-refractivity contribution >= 4 is 5.91 Å². The molecule has 1 atom stereocenters. The van der Waals surface area contributed by atoms with Gasteiger partial charge in [0.05, 0.1) is 12.7 Å². The number of carbonyl (C=O) groups excluding carboxylic acids is 1. The fourth-order valence-electron chi connectivity index (χ4n) is 1.58. The maximum atomic E-state index is 12.1. The van der Waals surface area contributed by atoms with E-state index in [2.05, 4.69) is 5.32 Å². The Kier molecular flexibility index (Phi) is 4.95. The van der Waals surface area contributed by atoms with Crippen LogP contribution in [0.3, 0.4) is 0 Å². The van der Waals surface area contributed by atoms with Crippen LogP contribution in [0.1, 0.15) is 36.7 Å². The molecule has 2 N–H and O–H groups in total. The van der Waals surface area contributed by atoms with Gasteiger partial charge in [0.25, 0.3) is 5.91 Å². The van der Waals surface area contributed by atoms with Crippen molar-refractivity contribution in [2.24, 2.45) is 5.92 Å². The summed E-state index contributed by atoms with van der Waals surface area (Å²) >= 11 is 0. The quantitative estimate of drug-likeness (QED) is 0.857. The molecular weight excluding hydrogens is 242 g/mol. The van der Waals surface area contributed by atoms with Crippen LogP contribution < -0.4 is 10.1 Å². The van der Waals surface area contributed by atoms with Crippen LogP contribution in [0.5, 0.6) is 5.75 Å². The van der Waals surface area contributed by atoms with Crippen molar-refractivity contribution < 1.29 is 14.6 Å². The van der Waals surface area contributed by atoms with Crippen molar-refractivity contribution in [3.63, 3.8) is 0 Å². The van der Waals surface area contributed by atoms with Crippen molar-refractivity contribution in [2.45, 2.75) is 33.3 Å². The highest BCUT2D eigenvalue weighted by Gasteiger charge is 2.25. The van der Waals surface area contributed by atoms with Crippen LogP contribution in [0, 0.1) is 12.8 Å². The SMILES string of the molecule is COc1ccc(C(=O)NCC(C)(O)C(C)C)c(C)c1. The van der Waals surface area contributed by atoms with E-state index >= 15 is 0 Å². The second-order valence-electron chi connectivity index (χ2n) is 5.38. The molecule has 0 saturated heterocycles. The maximum Gasteiger partial charge on any atom is 0.251 e. The molecule has 0 spiro atoms. The zero-order valence-electron chi connectivity index (χ0n) is 12.3. The minimum atomic E-state index is -0.907. The Morgan fingerprint density at radius 1 is 1.47 bits per heavy atom. The van der Waals surface area contributed by atoms with Gasteiger partial charge in [0.2, 0.25) is 0 Å². The molecule has 1 aromatic rings. The summed E-state index contributed by atoms with van der Waals surface area (Å²) < 4.78 is 5.10. The summed E-state index contributed by atoms with van der Waals surface area (Å²) in [6.45, 7) is 7.65. The van der Waals surface area contributed by atoms with Gasteiger partial charge >= 0.3 is 0 Å². The number of rotatable bonds is 5. The number of aryl methyl sites for hydroxylation is 1. The van der Waals surface area contributed by atoms with Gasteiger partial charge in [0, 0.05) is 12.1 Å². The van der Waals surface area contributed by atoms with E-state index in [1.54, 1.807) is 26.2 Å². The number of aliphatic hydroxyl groups is 1. The molecule has 0 heterocycles. The Hall–Kier alpha value is -1.55. The molecule has 4 heteroatoms. The summed E-state index contributed by atoms with van der Waals surface area (Å²) in [6.07, 6.45) is 0. The van der Waals surface area contributed by atoms with Gasteiger partial charge < -0.3 is 15.2 Å². The molecule has 1 unspecified atom stereocenters. The monoisotopic (exact) mass is 265 g/mol. The first-order chi connectivity index (χ1) is 8.77. The second-order valence-corrected chi connectivity index (χ2v) is 5.38. The predicted molar refractivity (Wildman–Crippen MR) is 75.5 cm³/mol. The molecule has 0 aliphatic carbocycles. The van der Waals surface area contributed by atoms with E-state index in [0.29, 0.717) is 5.56 Å². The lowest BCUT2D eigenvalue weighted by Crippen LogP contribution is -2.44. The highest BCUT2D eigenvalue weighted by atomic mass is 16.5. The summed E-state index contributed by atoms with van der Waals surface area (Å²) in [6, 6.07) is 5.30. The van der Waals surface area contributed by atoms with Crippen LogP contribution in [0.4, 0.5) is 0 Å². The number of benzene rings is 1. The molecule has 0 radical (unpaired) electrons. The average Bonchev–Trinajstić information content (AvgIpc) is 2.35. The summed E-state index contributed by atoms with van der Waals surface area (Å²) in [4.78, 5) is 12.1. The van der Waals surface area contributed by atoms with Gasteiger partial charge in [-0.05, 0) is 43.5 Å². The van der Waals surface area contributed by atoms with Crippen LogP contribution >= 0.6 is 0 Å². The molecule has 0 saturated carbocycles. The van der Waals surface area contributed by atoms with Crippen molar-refractivity contribution in [2.75, 3.05) is 13.7 Å². The van der Waals surface area contributed by atoms with Crippen molar-refractivity contribution in [1.82, 2.24) is 5.32 Å². The Morgan fingerprint density at radius 3 is 2.58 bits per heavy atom. The summed E-state index contributed by atoms with van der Waals surface area (Å²) in [7, 11) is 1.59. The third-order valence-electron chi connectivity index (χ3n) is 3.53. The maximum absolute atomic E-state index is 12.1. The fraction of sp³-hybridized carbons (Fsp3) is 0.533.